The molecule has 0 saturated heterocycles. The minimum Gasteiger partial charge on any atom is -0.497 e. The van der Waals surface area contributed by atoms with E-state index in [9.17, 15) is 0 Å². The number of H-pyrrole nitrogens is 1. The van der Waals surface area contributed by atoms with Crippen molar-refractivity contribution < 1.29 is 4.74 Å². The fourth-order valence-corrected chi connectivity index (χ4v) is 2.47. The summed E-state index contributed by atoms with van der Waals surface area (Å²) in [5.41, 5.74) is 8.16. The van der Waals surface area contributed by atoms with Crippen molar-refractivity contribution in [2.75, 3.05) is 7.11 Å². The summed E-state index contributed by atoms with van der Waals surface area (Å²) in [6, 6.07) is 15.3. The standard InChI is InChI=1S/C16H15IN4O/c1-22-13-8-4-10(5-9-13)14(18)16-19-15(20-21-16)11-2-6-12(17)7-3-11/h2-9,14H,18H2,1H3,(H,19,20,21)/t14-/m1/s1. The van der Waals surface area contributed by atoms with Crippen LogP contribution in [0.25, 0.3) is 11.4 Å². The SMILES string of the molecule is COc1ccc([C@@H](N)c2nc(-c3ccc(I)cc3)n[nH]2)cc1. The van der Waals surface area contributed by atoms with Crippen molar-refractivity contribution in [2.45, 2.75) is 6.04 Å². The number of benzene rings is 2. The molecule has 3 aromatic rings. The number of aromatic amines is 1. The summed E-state index contributed by atoms with van der Waals surface area (Å²) in [7, 11) is 1.64. The number of rotatable bonds is 4. The Kier molecular flexibility index (Phi) is 4.39. The Bertz CT molecular complexity index is 753. The lowest BCUT2D eigenvalue weighted by atomic mass is 10.1. The molecular weight excluding hydrogens is 391 g/mol. The molecule has 0 aliphatic rings. The Morgan fingerprint density at radius 1 is 1.09 bits per heavy atom. The predicted molar refractivity (Wildman–Crippen MR) is 93.6 cm³/mol. The van der Waals surface area contributed by atoms with Crippen molar-refractivity contribution in [3.05, 3.63) is 63.5 Å². The number of nitrogens with zero attached hydrogens (tertiary/aromatic N) is 2. The molecule has 6 heteroatoms. The van der Waals surface area contributed by atoms with Crippen LogP contribution in [0, 0.1) is 3.57 Å². The zero-order valence-electron chi connectivity index (χ0n) is 12.0. The maximum Gasteiger partial charge on any atom is 0.181 e. The zero-order valence-corrected chi connectivity index (χ0v) is 14.1. The van der Waals surface area contributed by atoms with Crippen molar-refractivity contribution in [1.29, 1.82) is 0 Å². The number of nitrogens with two attached hydrogens (primary N) is 1. The molecule has 0 aliphatic carbocycles. The van der Waals surface area contributed by atoms with Gasteiger partial charge in [-0.25, -0.2) is 4.98 Å². The van der Waals surface area contributed by atoms with Crippen molar-refractivity contribution in [2.24, 2.45) is 5.73 Å². The van der Waals surface area contributed by atoms with Crippen LogP contribution < -0.4 is 10.5 Å². The summed E-state index contributed by atoms with van der Waals surface area (Å²) in [6.07, 6.45) is 0. The second-order valence-corrected chi connectivity index (χ2v) is 6.05. The van der Waals surface area contributed by atoms with Crippen LogP contribution in [0.15, 0.2) is 48.5 Å². The van der Waals surface area contributed by atoms with Gasteiger partial charge in [0.15, 0.2) is 5.82 Å². The van der Waals surface area contributed by atoms with Crippen LogP contribution in [-0.4, -0.2) is 22.3 Å². The lowest BCUT2D eigenvalue weighted by Gasteiger charge is -2.09. The van der Waals surface area contributed by atoms with Gasteiger partial charge in [-0.15, -0.1) is 0 Å². The second kappa shape index (κ2) is 6.45. The van der Waals surface area contributed by atoms with E-state index in [0.29, 0.717) is 11.6 Å². The first-order valence-corrected chi connectivity index (χ1v) is 7.83. The minimum atomic E-state index is -0.351. The van der Waals surface area contributed by atoms with Crippen LogP contribution in [-0.2, 0) is 0 Å². The van der Waals surface area contributed by atoms with E-state index in [0.717, 1.165) is 16.9 Å². The van der Waals surface area contributed by atoms with Crippen LogP contribution in [0.3, 0.4) is 0 Å². The molecule has 2 aromatic carbocycles. The van der Waals surface area contributed by atoms with Gasteiger partial charge in [0, 0.05) is 9.13 Å². The largest absolute Gasteiger partial charge is 0.497 e. The Hall–Kier alpha value is -1.93. The molecule has 3 N–H and O–H groups in total. The Morgan fingerprint density at radius 2 is 1.77 bits per heavy atom. The van der Waals surface area contributed by atoms with E-state index in [-0.39, 0.29) is 6.04 Å². The monoisotopic (exact) mass is 406 g/mol. The molecule has 0 bridgehead atoms. The molecule has 112 valence electrons. The molecule has 0 aliphatic heterocycles. The maximum atomic E-state index is 6.25. The molecule has 22 heavy (non-hydrogen) atoms. The third-order valence-electron chi connectivity index (χ3n) is 3.37. The van der Waals surface area contributed by atoms with E-state index >= 15 is 0 Å². The predicted octanol–water partition coefficient (Wildman–Crippen LogP) is 3.13. The molecule has 5 nitrogen and oxygen atoms in total. The molecule has 0 amide bonds. The van der Waals surface area contributed by atoms with Crippen LogP contribution in [0.5, 0.6) is 5.75 Å². The van der Waals surface area contributed by atoms with E-state index in [1.54, 1.807) is 7.11 Å². The van der Waals surface area contributed by atoms with Crippen LogP contribution in [0.1, 0.15) is 17.4 Å². The highest BCUT2D eigenvalue weighted by atomic mass is 127. The Morgan fingerprint density at radius 3 is 2.41 bits per heavy atom. The Labute approximate surface area is 142 Å². The fourth-order valence-electron chi connectivity index (χ4n) is 2.11. The molecule has 0 spiro atoms. The first-order chi connectivity index (χ1) is 10.7. The molecule has 3 rings (SSSR count). The van der Waals surface area contributed by atoms with Gasteiger partial charge < -0.3 is 10.5 Å². The van der Waals surface area contributed by atoms with E-state index in [4.69, 9.17) is 10.5 Å². The molecule has 0 unspecified atom stereocenters. The Balaban J connectivity index is 1.84. The molecule has 0 fully saturated rings. The normalized spacial score (nSPS) is 12.1. The molecule has 0 radical (unpaired) electrons. The summed E-state index contributed by atoms with van der Waals surface area (Å²) in [5.74, 6) is 2.09. The highest BCUT2D eigenvalue weighted by molar-refractivity contribution is 14.1. The van der Waals surface area contributed by atoms with Gasteiger partial charge >= 0.3 is 0 Å². The van der Waals surface area contributed by atoms with Gasteiger partial charge in [-0.05, 0) is 52.4 Å². The number of aromatic nitrogens is 3. The van der Waals surface area contributed by atoms with E-state index < -0.39 is 0 Å². The first-order valence-electron chi connectivity index (χ1n) is 6.75. The highest BCUT2D eigenvalue weighted by Gasteiger charge is 2.14. The summed E-state index contributed by atoms with van der Waals surface area (Å²) < 4.78 is 6.32. The summed E-state index contributed by atoms with van der Waals surface area (Å²) in [5, 5.41) is 7.18. The van der Waals surface area contributed by atoms with E-state index in [1.165, 1.54) is 3.57 Å². The third kappa shape index (κ3) is 3.12. The fraction of sp³-hybridized carbons (Fsp3) is 0.125. The van der Waals surface area contributed by atoms with Gasteiger partial charge in [0.05, 0.1) is 13.2 Å². The lowest BCUT2D eigenvalue weighted by molar-refractivity contribution is 0.414. The minimum absolute atomic E-state index is 0.351. The topological polar surface area (TPSA) is 76.8 Å². The van der Waals surface area contributed by atoms with Crippen LogP contribution >= 0.6 is 22.6 Å². The van der Waals surface area contributed by atoms with Gasteiger partial charge in [0.25, 0.3) is 0 Å². The number of halogens is 1. The maximum absolute atomic E-state index is 6.25. The molecule has 1 heterocycles. The van der Waals surface area contributed by atoms with Crippen molar-refractivity contribution in [3.8, 4) is 17.1 Å². The average molecular weight is 406 g/mol. The van der Waals surface area contributed by atoms with Crippen LogP contribution in [0.4, 0.5) is 0 Å². The molecular formula is C16H15IN4O. The number of nitrogens with one attached hydrogen (secondary N) is 1. The van der Waals surface area contributed by atoms with Gasteiger partial charge in [0.1, 0.15) is 11.6 Å². The summed E-state index contributed by atoms with van der Waals surface area (Å²) >= 11 is 2.27. The van der Waals surface area contributed by atoms with Crippen molar-refractivity contribution >= 4 is 22.6 Å². The van der Waals surface area contributed by atoms with Gasteiger partial charge in [-0.1, -0.05) is 24.3 Å². The molecule has 1 aromatic heterocycles. The number of hydrogen-bond acceptors (Lipinski definition) is 4. The van der Waals surface area contributed by atoms with Crippen molar-refractivity contribution in [3.63, 3.8) is 0 Å². The highest BCUT2D eigenvalue weighted by Crippen LogP contribution is 2.22. The second-order valence-electron chi connectivity index (χ2n) is 4.80. The van der Waals surface area contributed by atoms with E-state index in [2.05, 4.69) is 37.8 Å². The summed E-state index contributed by atoms with van der Waals surface area (Å²) in [6.45, 7) is 0. The smallest absolute Gasteiger partial charge is 0.181 e. The quantitative estimate of drug-likeness (QED) is 0.653. The molecule has 1 atom stereocenters. The third-order valence-corrected chi connectivity index (χ3v) is 4.09. The van der Waals surface area contributed by atoms with Gasteiger partial charge in [-0.2, -0.15) is 5.10 Å². The number of methoxy groups -OCH3 is 1. The average Bonchev–Trinajstić information content (AvgIpc) is 3.05. The molecule has 0 saturated carbocycles. The number of hydrogen-bond donors (Lipinski definition) is 2. The van der Waals surface area contributed by atoms with Crippen molar-refractivity contribution in [1.82, 2.24) is 15.2 Å². The zero-order chi connectivity index (χ0) is 15.5. The van der Waals surface area contributed by atoms with E-state index in [1.807, 2.05) is 48.5 Å². The van der Waals surface area contributed by atoms with Gasteiger partial charge in [-0.3, -0.25) is 5.10 Å². The number of ether oxygens (including phenoxy) is 1. The van der Waals surface area contributed by atoms with Gasteiger partial charge in [0.2, 0.25) is 0 Å². The first kappa shape index (κ1) is 15.0. The lowest BCUT2D eigenvalue weighted by Crippen LogP contribution is -2.13. The summed E-state index contributed by atoms with van der Waals surface area (Å²) in [4.78, 5) is 4.50. The van der Waals surface area contributed by atoms with Crippen LogP contribution in [0.2, 0.25) is 0 Å².